The second kappa shape index (κ2) is 6.63. The van der Waals surface area contributed by atoms with Crippen molar-refractivity contribution in [3.05, 3.63) is 36.2 Å². The van der Waals surface area contributed by atoms with Gasteiger partial charge in [0.2, 0.25) is 5.95 Å². The number of benzene rings is 1. The first-order valence-corrected chi connectivity index (χ1v) is 7.39. The highest BCUT2D eigenvalue weighted by Crippen LogP contribution is 2.22. The summed E-state index contributed by atoms with van der Waals surface area (Å²) in [4.78, 5) is 5.74. The molecule has 0 saturated heterocycles. The van der Waals surface area contributed by atoms with E-state index in [-0.39, 0.29) is 0 Å². The number of methoxy groups -OCH3 is 1. The number of anilines is 2. The number of aryl methyl sites for hydroxylation is 1. The smallest absolute Gasteiger partial charge is 0.207 e. The molecule has 1 aromatic heterocycles. The van der Waals surface area contributed by atoms with Crippen LogP contribution in [0, 0.1) is 6.92 Å². The van der Waals surface area contributed by atoms with Crippen molar-refractivity contribution in [3.8, 4) is 0 Å². The topological polar surface area (TPSA) is 39.1 Å². The van der Waals surface area contributed by atoms with Crippen LogP contribution in [0.15, 0.2) is 35.4 Å². The maximum atomic E-state index is 5.12. The van der Waals surface area contributed by atoms with Crippen LogP contribution >= 0.6 is 11.8 Å². The second-order valence-corrected chi connectivity index (χ2v) is 5.13. The molecule has 1 aromatic carbocycles. The maximum Gasteiger partial charge on any atom is 0.207 e. The van der Waals surface area contributed by atoms with Gasteiger partial charge in [-0.05, 0) is 31.4 Å². The van der Waals surface area contributed by atoms with Crippen molar-refractivity contribution in [2.75, 3.05) is 25.3 Å². The Labute approximate surface area is 118 Å². The summed E-state index contributed by atoms with van der Waals surface area (Å²) in [7, 11) is 1.71. The Morgan fingerprint density at radius 2 is 2.26 bits per heavy atom. The monoisotopic (exact) mass is 277 g/mol. The highest BCUT2D eigenvalue weighted by molar-refractivity contribution is 7.98. The number of hydrogen-bond donors (Lipinski definition) is 1. The Kier molecular flexibility index (Phi) is 4.87. The zero-order valence-corrected chi connectivity index (χ0v) is 12.3. The molecule has 0 aliphatic carbocycles. The number of thioether (sulfide) groups is 1. The first-order valence-electron chi connectivity index (χ1n) is 6.16. The molecule has 0 amide bonds. The highest BCUT2D eigenvalue weighted by Gasteiger charge is 2.06. The molecule has 19 heavy (non-hydrogen) atoms. The lowest BCUT2D eigenvalue weighted by Gasteiger charge is -2.10. The molecule has 0 radical (unpaired) electrons. The highest BCUT2D eigenvalue weighted by atomic mass is 32.2. The van der Waals surface area contributed by atoms with E-state index in [0.717, 1.165) is 23.9 Å². The van der Waals surface area contributed by atoms with Gasteiger partial charge >= 0.3 is 0 Å². The zero-order chi connectivity index (χ0) is 13.7. The van der Waals surface area contributed by atoms with Crippen molar-refractivity contribution in [3.63, 3.8) is 0 Å². The molecule has 102 valence electrons. The van der Waals surface area contributed by atoms with Gasteiger partial charge < -0.3 is 14.6 Å². The molecular formula is C14H19N3OS. The molecule has 2 aromatic rings. The summed E-state index contributed by atoms with van der Waals surface area (Å²) in [5, 5.41) is 3.36. The Hall–Kier alpha value is -1.46. The lowest BCUT2D eigenvalue weighted by atomic mass is 10.3. The molecule has 0 atom stereocenters. The van der Waals surface area contributed by atoms with Crippen molar-refractivity contribution in [1.82, 2.24) is 9.55 Å². The molecule has 4 nitrogen and oxygen atoms in total. The van der Waals surface area contributed by atoms with Crippen LogP contribution in [-0.2, 0) is 11.3 Å². The van der Waals surface area contributed by atoms with Crippen molar-refractivity contribution < 1.29 is 4.74 Å². The molecule has 0 spiro atoms. The van der Waals surface area contributed by atoms with E-state index in [1.54, 1.807) is 18.9 Å². The van der Waals surface area contributed by atoms with Gasteiger partial charge in [-0.15, -0.1) is 11.8 Å². The fourth-order valence-corrected chi connectivity index (χ4v) is 2.30. The first-order chi connectivity index (χ1) is 9.22. The number of rotatable bonds is 6. The van der Waals surface area contributed by atoms with Crippen LogP contribution in [0.1, 0.15) is 5.69 Å². The third-order valence-corrected chi connectivity index (χ3v) is 3.48. The normalized spacial score (nSPS) is 10.7. The molecule has 0 aliphatic heterocycles. The number of nitrogens with one attached hydrogen (secondary N) is 1. The number of nitrogens with zero attached hydrogens (tertiary/aromatic N) is 2. The minimum Gasteiger partial charge on any atom is -0.383 e. The zero-order valence-electron chi connectivity index (χ0n) is 11.5. The van der Waals surface area contributed by atoms with Crippen LogP contribution in [-0.4, -0.2) is 29.5 Å². The summed E-state index contributed by atoms with van der Waals surface area (Å²) in [6, 6.07) is 8.31. The Morgan fingerprint density at radius 1 is 1.42 bits per heavy atom. The molecular weight excluding hydrogens is 258 g/mol. The lowest BCUT2D eigenvalue weighted by Crippen LogP contribution is -2.07. The van der Waals surface area contributed by atoms with Gasteiger partial charge in [0.15, 0.2) is 0 Å². The maximum absolute atomic E-state index is 5.12. The van der Waals surface area contributed by atoms with Crippen LogP contribution < -0.4 is 5.32 Å². The van der Waals surface area contributed by atoms with Gasteiger partial charge in [0.25, 0.3) is 0 Å². The Bertz CT molecular complexity index is 539. The first kappa shape index (κ1) is 14.0. The number of hydrogen-bond acceptors (Lipinski definition) is 4. The fourth-order valence-electron chi connectivity index (χ4n) is 1.84. The summed E-state index contributed by atoms with van der Waals surface area (Å²) in [6.45, 7) is 3.46. The summed E-state index contributed by atoms with van der Waals surface area (Å²) in [5.41, 5.74) is 2.05. The minimum atomic E-state index is 0.676. The van der Waals surface area contributed by atoms with Crippen LogP contribution in [0.2, 0.25) is 0 Å². The van der Waals surface area contributed by atoms with Crippen LogP contribution in [0.4, 0.5) is 11.6 Å². The molecule has 1 N–H and O–H groups in total. The van der Waals surface area contributed by atoms with Crippen LogP contribution in [0.25, 0.3) is 0 Å². The molecule has 0 saturated carbocycles. The summed E-state index contributed by atoms with van der Waals surface area (Å²) < 4.78 is 7.19. The molecule has 2 rings (SSSR count). The third-order valence-electron chi connectivity index (χ3n) is 2.76. The number of aromatic nitrogens is 2. The van der Waals surface area contributed by atoms with E-state index in [4.69, 9.17) is 4.74 Å². The number of ether oxygens (including phenoxy) is 1. The SMILES string of the molecule is COCCn1cc(C)nc1Nc1cccc(SC)c1. The molecule has 5 heteroatoms. The molecule has 0 unspecified atom stereocenters. The van der Waals surface area contributed by atoms with E-state index >= 15 is 0 Å². The molecule has 0 bridgehead atoms. The molecule has 1 heterocycles. The van der Waals surface area contributed by atoms with Gasteiger partial charge in [0, 0.05) is 30.4 Å². The van der Waals surface area contributed by atoms with E-state index in [2.05, 4.69) is 33.3 Å². The average Bonchev–Trinajstić information content (AvgIpc) is 2.76. The summed E-state index contributed by atoms with van der Waals surface area (Å²) in [6.07, 6.45) is 4.10. The summed E-state index contributed by atoms with van der Waals surface area (Å²) in [5.74, 6) is 0.854. The van der Waals surface area contributed by atoms with Gasteiger partial charge in [0.1, 0.15) is 0 Å². The number of imidazole rings is 1. The standard InChI is InChI=1S/C14H19N3OS/c1-11-10-17(7-8-18-2)14(15-11)16-12-5-4-6-13(9-12)19-3/h4-6,9-10H,7-8H2,1-3H3,(H,15,16). The largest absolute Gasteiger partial charge is 0.383 e. The van der Waals surface area contributed by atoms with Crippen molar-refractivity contribution in [2.45, 2.75) is 18.4 Å². The molecule has 0 fully saturated rings. The second-order valence-electron chi connectivity index (χ2n) is 4.25. The molecule has 0 aliphatic rings. The average molecular weight is 277 g/mol. The van der Waals surface area contributed by atoms with E-state index in [9.17, 15) is 0 Å². The van der Waals surface area contributed by atoms with Crippen molar-refractivity contribution in [1.29, 1.82) is 0 Å². The van der Waals surface area contributed by atoms with Gasteiger partial charge in [0.05, 0.1) is 12.3 Å². The van der Waals surface area contributed by atoms with E-state index in [0.29, 0.717) is 6.61 Å². The Morgan fingerprint density at radius 3 is 3.00 bits per heavy atom. The van der Waals surface area contributed by atoms with E-state index in [1.165, 1.54) is 4.90 Å². The fraction of sp³-hybridized carbons (Fsp3) is 0.357. The van der Waals surface area contributed by atoms with Crippen molar-refractivity contribution >= 4 is 23.4 Å². The van der Waals surface area contributed by atoms with Gasteiger partial charge in [-0.1, -0.05) is 6.07 Å². The van der Waals surface area contributed by atoms with Gasteiger partial charge in [-0.2, -0.15) is 0 Å². The van der Waals surface area contributed by atoms with Gasteiger partial charge in [-0.3, -0.25) is 0 Å². The van der Waals surface area contributed by atoms with E-state index < -0.39 is 0 Å². The van der Waals surface area contributed by atoms with Crippen LogP contribution in [0.5, 0.6) is 0 Å². The summed E-state index contributed by atoms with van der Waals surface area (Å²) >= 11 is 1.73. The predicted molar refractivity (Wildman–Crippen MR) is 80.3 cm³/mol. The third kappa shape index (κ3) is 3.75. The lowest BCUT2D eigenvalue weighted by molar-refractivity contribution is 0.188. The van der Waals surface area contributed by atoms with Gasteiger partial charge in [-0.25, -0.2) is 4.98 Å². The Balaban J connectivity index is 2.17. The van der Waals surface area contributed by atoms with E-state index in [1.807, 2.05) is 25.3 Å². The van der Waals surface area contributed by atoms with Crippen molar-refractivity contribution in [2.24, 2.45) is 0 Å². The van der Waals surface area contributed by atoms with Crippen LogP contribution in [0.3, 0.4) is 0 Å². The predicted octanol–water partition coefficient (Wildman–Crippen LogP) is 3.30. The minimum absolute atomic E-state index is 0.676. The quantitative estimate of drug-likeness (QED) is 0.822.